The molecule has 5 rings (SSSR count). The molecule has 1 aliphatic heterocycles. The summed E-state index contributed by atoms with van der Waals surface area (Å²) in [5, 5.41) is 7.03. The van der Waals surface area contributed by atoms with Crippen molar-refractivity contribution in [2.45, 2.75) is 26.2 Å². The van der Waals surface area contributed by atoms with E-state index in [-0.39, 0.29) is 5.91 Å². The van der Waals surface area contributed by atoms with Gasteiger partial charge in [-0.25, -0.2) is 4.37 Å². The van der Waals surface area contributed by atoms with Crippen molar-refractivity contribution < 1.29 is 9.53 Å². The summed E-state index contributed by atoms with van der Waals surface area (Å²) in [6, 6.07) is 3.77. The molecule has 3 aromatic heterocycles. The molecule has 0 atom stereocenters. The van der Waals surface area contributed by atoms with Crippen molar-refractivity contribution in [2.75, 3.05) is 13.1 Å². The minimum Gasteiger partial charge on any atom is -0.444 e. The number of carbonyl (C=O) groups is 1. The van der Waals surface area contributed by atoms with Crippen LogP contribution in [0.1, 0.15) is 32.9 Å². The molecule has 0 bridgehead atoms. The van der Waals surface area contributed by atoms with Gasteiger partial charge in [-0.15, -0.1) is 0 Å². The molecule has 0 radical (unpaired) electrons. The van der Waals surface area contributed by atoms with Crippen molar-refractivity contribution in [3.05, 3.63) is 70.1 Å². The number of ether oxygens (including phenoxy) is 1. The van der Waals surface area contributed by atoms with Gasteiger partial charge in [0.05, 0.1) is 21.0 Å². The number of nitrogens with one attached hydrogen (secondary N) is 2. The second kappa shape index (κ2) is 8.64. The SMILES string of the molecule is Cc1ncccc1Oc1sc(C(=O)NCCC2=CNCC=C2)c2c1-c1sncc1CC2. The van der Waals surface area contributed by atoms with E-state index < -0.39 is 0 Å². The van der Waals surface area contributed by atoms with Crippen LogP contribution in [0.4, 0.5) is 0 Å². The van der Waals surface area contributed by atoms with E-state index in [1.807, 2.05) is 31.5 Å². The number of pyridine rings is 1. The van der Waals surface area contributed by atoms with E-state index >= 15 is 0 Å². The fourth-order valence-electron chi connectivity index (χ4n) is 3.82. The maximum absolute atomic E-state index is 13.1. The Morgan fingerprint density at radius 3 is 3.13 bits per heavy atom. The van der Waals surface area contributed by atoms with Crippen LogP contribution < -0.4 is 15.4 Å². The standard InChI is InChI=1S/C23H22N4O2S2/c1-14-18(5-3-10-25-14)29-23-19-17(7-6-16-13-27-31-20(16)19)21(30-23)22(28)26-11-8-15-4-2-9-24-12-15/h2-5,10,12-13,24H,6-9,11H2,1H3,(H,26,28). The second-order valence-corrected chi connectivity index (χ2v) is 9.26. The Kier molecular flexibility index (Phi) is 5.57. The van der Waals surface area contributed by atoms with Crippen LogP contribution in [0, 0.1) is 6.92 Å². The van der Waals surface area contributed by atoms with Gasteiger partial charge in [-0.2, -0.15) is 0 Å². The van der Waals surface area contributed by atoms with Crippen molar-refractivity contribution >= 4 is 28.8 Å². The third kappa shape index (κ3) is 4.00. The summed E-state index contributed by atoms with van der Waals surface area (Å²) < 4.78 is 10.7. The molecular weight excluding hydrogens is 428 g/mol. The summed E-state index contributed by atoms with van der Waals surface area (Å²) >= 11 is 2.88. The number of hydrogen-bond donors (Lipinski definition) is 2. The molecule has 158 valence electrons. The highest BCUT2D eigenvalue weighted by Gasteiger charge is 2.30. The van der Waals surface area contributed by atoms with Crippen LogP contribution in [0.25, 0.3) is 10.4 Å². The molecule has 2 N–H and O–H groups in total. The Hall–Kier alpha value is -2.97. The third-order valence-electron chi connectivity index (χ3n) is 5.41. The van der Waals surface area contributed by atoms with Gasteiger partial charge in [0.1, 0.15) is 5.75 Å². The van der Waals surface area contributed by atoms with Crippen molar-refractivity contribution in [3.8, 4) is 21.3 Å². The van der Waals surface area contributed by atoms with E-state index in [2.05, 4.69) is 32.1 Å². The molecule has 31 heavy (non-hydrogen) atoms. The molecule has 8 heteroatoms. The topological polar surface area (TPSA) is 76.1 Å². The molecule has 0 spiro atoms. The zero-order valence-corrected chi connectivity index (χ0v) is 18.7. The molecule has 6 nitrogen and oxygen atoms in total. The van der Waals surface area contributed by atoms with Crippen LogP contribution in [0.2, 0.25) is 0 Å². The monoisotopic (exact) mass is 450 g/mol. The van der Waals surface area contributed by atoms with E-state index in [9.17, 15) is 4.79 Å². The maximum Gasteiger partial charge on any atom is 0.261 e. The number of amides is 1. The van der Waals surface area contributed by atoms with Gasteiger partial charge >= 0.3 is 0 Å². The molecule has 0 aromatic carbocycles. The normalized spacial score (nSPS) is 14.3. The maximum atomic E-state index is 13.1. The first-order chi connectivity index (χ1) is 15.2. The molecule has 0 saturated heterocycles. The van der Waals surface area contributed by atoms with Gasteiger partial charge in [0.15, 0.2) is 5.06 Å². The lowest BCUT2D eigenvalue weighted by molar-refractivity contribution is 0.0957. The van der Waals surface area contributed by atoms with Crippen LogP contribution >= 0.6 is 22.9 Å². The summed E-state index contributed by atoms with van der Waals surface area (Å²) in [4.78, 5) is 19.3. The smallest absolute Gasteiger partial charge is 0.261 e. The Balaban J connectivity index is 1.43. The largest absolute Gasteiger partial charge is 0.444 e. The van der Waals surface area contributed by atoms with Gasteiger partial charge in [0.2, 0.25) is 0 Å². The zero-order valence-electron chi connectivity index (χ0n) is 17.1. The number of thiophene rings is 1. The molecule has 0 fully saturated rings. The molecular formula is C23H22N4O2S2. The number of dihydropyridines is 1. The summed E-state index contributed by atoms with van der Waals surface area (Å²) in [6.45, 7) is 3.37. The van der Waals surface area contributed by atoms with E-state index in [0.29, 0.717) is 12.3 Å². The molecule has 1 aliphatic carbocycles. The Labute approximate surface area is 188 Å². The summed E-state index contributed by atoms with van der Waals surface area (Å²) in [7, 11) is 0. The summed E-state index contributed by atoms with van der Waals surface area (Å²) in [6.07, 6.45) is 12.4. The quantitative estimate of drug-likeness (QED) is 0.573. The first-order valence-corrected chi connectivity index (χ1v) is 11.9. The van der Waals surface area contributed by atoms with Gasteiger partial charge in [0.25, 0.3) is 5.91 Å². The number of hydrogen-bond acceptors (Lipinski definition) is 7. The predicted molar refractivity (Wildman–Crippen MR) is 124 cm³/mol. The molecule has 4 heterocycles. The number of aromatic nitrogens is 2. The zero-order chi connectivity index (χ0) is 21.2. The number of allylic oxidation sites excluding steroid dienone is 1. The van der Waals surface area contributed by atoms with Gasteiger partial charge in [-0.1, -0.05) is 23.5 Å². The molecule has 0 unspecified atom stereocenters. The van der Waals surface area contributed by atoms with Crippen molar-refractivity contribution in [2.24, 2.45) is 0 Å². The minimum atomic E-state index is -0.0414. The second-order valence-electron chi connectivity index (χ2n) is 7.48. The van der Waals surface area contributed by atoms with E-state index in [1.165, 1.54) is 34.0 Å². The average molecular weight is 451 g/mol. The van der Waals surface area contributed by atoms with Gasteiger partial charge < -0.3 is 15.4 Å². The lowest BCUT2D eigenvalue weighted by Gasteiger charge is -2.15. The first-order valence-electron chi connectivity index (χ1n) is 10.3. The number of rotatable bonds is 6. The van der Waals surface area contributed by atoms with Crippen LogP contribution in [-0.2, 0) is 12.8 Å². The predicted octanol–water partition coefficient (Wildman–Crippen LogP) is 4.63. The summed E-state index contributed by atoms with van der Waals surface area (Å²) in [5.41, 5.74) is 5.31. The highest BCUT2D eigenvalue weighted by Crippen LogP contribution is 2.50. The number of nitrogens with zero attached hydrogens (tertiary/aromatic N) is 2. The number of aryl methyl sites for hydroxylation is 2. The van der Waals surface area contributed by atoms with Crippen molar-refractivity contribution in [1.82, 2.24) is 20.0 Å². The van der Waals surface area contributed by atoms with E-state index in [1.54, 1.807) is 6.20 Å². The van der Waals surface area contributed by atoms with Crippen LogP contribution in [0.5, 0.6) is 10.8 Å². The van der Waals surface area contributed by atoms with Gasteiger partial charge in [-0.05, 0) is 72.8 Å². The van der Waals surface area contributed by atoms with Crippen LogP contribution in [-0.4, -0.2) is 28.4 Å². The first kappa shape index (κ1) is 20.0. The molecule has 1 amide bonds. The van der Waals surface area contributed by atoms with Crippen LogP contribution in [0.15, 0.2) is 48.5 Å². The minimum absolute atomic E-state index is 0.0414. The molecule has 3 aromatic rings. The van der Waals surface area contributed by atoms with Crippen molar-refractivity contribution in [3.63, 3.8) is 0 Å². The van der Waals surface area contributed by atoms with Gasteiger partial charge in [0, 0.05) is 25.5 Å². The summed E-state index contributed by atoms with van der Waals surface area (Å²) in [5.74, 6) is 0.666. The third-order valence-corrected chi connectivity index (χ3v) is 7.38. The van der Waals surface area contributed by atoms with Crippen molar-refractivity contribution in [1.29, 1.82) is 0 Å². The van der Waals surface area contributed by atoms with E-state index in [0.717, 1.165) is 57.4 Å². The lowest BCUT2D eigenvalue weighted by atomic mass is 9.93. The fourth-order valence-corrected chi connectivity index (χ4v) is 5.88. The van der Waals surface area contributed by atoms with E-state index in [4.69, 9.17) is 4.74 Å². The van der Waals surface area contributed by atoms with Crippen LogP contribution in [0.3, 0.4) is 0 Å². The molecule has 2 aliphatic rings. The average Bonchev–Trinajstić information content (AvgIpc) is 3.40. The fraction of sp³-hybridized carbons (Fsp3) is 0.261. The van der Waals surface area contributed by atoms with Gasteiger partial charge in [-0.3, -0.25) is 9.78 Å². The highest BCUT2D eigenvalue weighted by atomic mass is 32.1. The molecule has 0 saturated carbocycles. The number of carbonyl (C=O) groups excluding carboxylic acids is 1. The Morgan fingerprint density at radius 2 is 2.29 bits per heavy atom. The number of fused-ring (bicyclic) bond motifs is 3. The Morgan fingerprint density at radius 1 is 1.35 bits per heavy atom. The lowest BCUT2D eigenvalue weighted by Crippen LogP contribution is -2.25. The Bertz CT molecular complexity index is 1190. The highest BCUT2D eigenvalue weighted by molar-refractivity contribution is 7.17.